The minimum absolute atomic E-state index is 1.24. The van der Waals surface area contributed by atoms with Crippen LogP contribution in [0, 0.1) is 0 Å². The van der Waals surface area contributed by atoms with Crippen LogP contribution in [0.1, 0.15) is 20.6 Å². The summed E-state index contributed by atoms with van der Waals surface area (Å²) in [7, 11) is 0. The van der Waals surface area contributed by atoms with Crippen LogP contribution in [-0.2, 0) is 19.5 Å². The van der Waals surface area contributed by atoms with Crippen molar-refractivity contribution >= 4 is 34.8 Å². The van der Waals surface area contributed by atoms with E-state index in [0.29, 0.717) is 0 Å². The number of halogens is 3. The quantitative estimate of drug-likeness (QED) is 0.395. The van der Waals surface area contributed by atoms with E-state index in [1.165, 1.54) is 0 Å². The molecule has 0 aliphatic carbocycles. The minimum atomic E-state index is -4.57. The molecule has 0 aliphatic heterocycles. The summed E-state index contributed by atoms with van der Waals surface area (Å²) in [5.41, 5.74) is -8.23. The normalized spacial score (nSPS) is 32.0. The molecule has 0 saturated carbocycles. The van der Waals surface area contributed by atoms with E-state index in [4.69, 9.17) is 55.4 Å². The minimum Gasteiger partial charge on any atom is -0.390 e. The van der Waals surface area contributed by atoms with Gasteiger partial charge in [0.2, 0.25) is 0 Å². The highest BCUT2D eigenvalue weighted by Gasteiger charge is 2.20. The van der Waals surface area contributed by atoms with Crippen molar-refractivity contribution < 1.29 is 35.9 Å². The zero-order valence-corrected chi connectivity index (χ0v) is 13.3. The van der Waals surface area contributed by atoms with Crippen LogP contribution in [0.15, 0.2) is 14.4 Å². The van der Waals surface area contributed by atoms with Gasteiger partial charge in [0.1, 0.15) is 0 Å². The SMILES string of the molecule is [2H]C([2H])(Cl)C([2H])(O)C([2H])([2H])n1c(=O)n(C([2H])([2H])C([2H])(O)C([2H])([2H])Cl)c(=O)n(C([2H])([2H])C([2H])(O)C([2H])([2H])Cl)c1=O. The Morgan fingerprint density at radius 1 is 0.750 bits per heavy atom. The number of alkyl halides is 3. The summed E-state index contributed by atoms with van der Waals surface area (Å²) in [5, 5.41) is 30.5. The Labute approximate surface area is 172 Å². The van der Waals surface area contributed by atoms with Crippen molar-refractivity contribution in [1.82, 2.24) is 13.7 Å². The molecular weight excluding hydrogens is 389 g/mol. The number of rotatable bonds is 9. The highest BCUT2D eigenvalue weighted by atomic mass is 35.5. The summed E-state index contributed by atoms with van der Waals surface area (Å²) < 4.78 is 110. The molecule has 1 rings (SSSR count). The van der Waals surface area contributed by atoms with E-state index >= 15 is 0 Å². The molecule has 138 valence electrons. The molecule has 0 radical (unpaired) electrons. The third-order valence-corrected chi connectivity index (χ3v) is 2.61. The molecule has 0 saturated heterocycles. The van der Waals surface area contributed by atoms with Gasteiger partial charge in [-0.1, -0.05) is 0 Å². The van der Waals surface area contributed by atoms with Gasteiger partial charge in [-0.15, -0.1) is 34.8 Å². The van der Waals surface area contributed by atoms with Crippen molar-refractivity contribution in [2.45, 2.75) is 37.7 Å². The lowest BCUT2D eigenvalue weighted by Crippen LogP contribution is -2.57. The van der Waals surface area contributed by atoms with Gasteiger partial charge in [0.25, 0.3) is 0 Å². The molecule has 9 nitrogen and oxygen atoms in total. The van der Waals surface area contributed by atoms with Crippen LogP contribution in [0.3, 0.4) is 0 Å². The van der Waals surface area contributed by atoms with E-state index < -0.39 is 86.0 Å². The largest absolute Gasteiger partial charge is 0.390 e. The first-order chi connectivity index (χ1) is 16.6. The van der Waals surface area contributed by atoms with Gasteiger partial charge in [-0.3, -0.25) is 0 Å². The monoisotopic (exact) mass is 420 g/mol. The van der Waals surface area contributed by atoms with E-state index in [1.54, 1.807) is 0 Å². The van der Waals surface area contributed by atoms with Crippen molar-refractivity contribution in [1.29, 1.82) is 0 Å². The van der Waals surface area contributed by atoms with Gasteiger partial charge >= 0.3 is 17.1 Å². The predicted molar refractivity (Wildman–Crippen MR) is 89.4 cm³/mol. The average Bonchev–Trinajstić information content (AvgIpc) is 2.63. The van der Waals surface area contributed by atoms with E-state index in [-0.39, 0.29) is 0 Å². The molecule has 1 aromatic heterocycles. The lowest BCUT2D eigenvalue weighted by atomic mass is 10.4. The molecule has 3 unspecified atom stereocenters. The van der Waals surface area contributed by atoms with Crippen LogP contribution >= 0.6 is 34.8 Å². The van der Waals surface area contributed by atoms with E-state index in [0.717, 1.165) is 0 Å². The third kappa shape index (κ3) is 5.08. The number of aromatic nitrogens is 3. The van der Waals surface area contributed by atoms with E-state index in [1.807, 2.05) is 0 Å². The van der Waals surface area contributed by atoms with E-state index in [2.05, 4.69) is 0 Å². The van der Waals surface area contributed by atoms with Crippen LogP contribution < -0.4 is 17.1 Å². The van der Waals surface area contributed by atoms with Gasteiger partial charge in [0, 0.05) is 8.22 Å². The number of hydrogen-bond donors (Lipinski definition) is 3. The fourth-order valence-electron chi connectivity index (χ4n) is 1.21. The summed E-state index contributed by atoms with van der Waals surface area (Å²) in [5.74, 6) is -11.8. The number of hydrogen-bond acceptors (Lipinski definition) is 6. The fourth-order valence-corrected chi connectivity index (χ4v) is 1.34. The second kappa shape index (κ2) is 9.59. The molecule has 12 heteroatoms. The maximum Gasteiger partial charge on any atom is 0.336 e. The van der Waals surface area contributed by atoms with Crippen molar-refractivity contribution in [2.24, 2.45) is 0 Å². The molecule has 1 heterocycles. The molecule has 0 spiro atoms. The molecule has 0 amide bonds. The molecule has 1 aromatic rings. The predicted octanol–water partition coefficient (Wildman–Crippen LogP) is -2.03. The first-order valence-electron chi connectivity index (χ1n) is 12.9. The Hall–Kier alpha value is -0.840. The van der Waals surface area contributed by atoms with Crippen molar-refractivity contribution in [3.8, 4) is 0 Å². The van der Waals surface area contributed by atoms with Crippen LogP contribution in [-0.4, -0.2) is 64.8 Å². The summed E-state index contributed by atoms with van der Waals surface area (Å²) in [6, 6.07) is 0. The van der Waals surface area contributed by atoms with Gasteiger partial charge in [-0.05, 0) is 0 Å². The molecule has 0 bridgehead atoms. The second-order valence-electron chi connectivity index (χ2n) is 3.52. The molecule has 0 aliphatic rings. The zero-order chi connectivity index (χ0) is 32.0. The summed E-state index contributed by atoms with van der Waals surface area (Å²) in [6.45, 7) is -13.7. The van der Waals surface area contributed by atoms with Gasteiger partial charge in [0.05, 0.1) is 67.6 Å². The Morgan fingerprint density at radius 3 is 1.12 bits per heavy atom. The third-order valence-electron chi connectivity index (χ3n) is 2.07. The zero-order valence-electron chi connectivity index (χ0n) is 26.0. The van der Waals surface area contributed by atoms with Crippen molar-refractivity contribution in [2.75, 3.05) is 17.5 Å². The number of nitrogens with zero attached hydrogens (tertiary/aromatic N) is 3. The maximum absolute atomic E-state index is 13.2. The van der Waals surface area contributed by atoms with Crippen LogP contribution in [0.5, 0.6) is 0 Å². The lowest BCUT2D eigenvalue weighted by Gasteiger charge is -2.17. The summed E-state index contributed by atoms with van der Waals surface area (Å²) >= 11 is 15.5. The van der Waals surface area contributed by atoms with Crippen LogP contribution in [0.25, 0.3) is 0 Å². The molecular formula is C12H18Cl3N3O6. The highest BCUT2D eigenvalue weighted by molar-refractivity contribution is 6.18. The topological polar surface area (TPSA) is 127 Å². The van der Waals surface area contributed by atoms with Crippen LogP contribution in [0.4, 0.5) is 0 Å². The average molecular weight is 422 g/mol. The molecule has 3 atom stereocenters. The lowest BCUT2D eigenvalue weighted by molar-refractivity contribution is 0.149. The van der Waals surface area contributed by atoms with Crippen molar-refractivity contribution in [3.05, 3.63) is 31.5 Å². The Balaban J connectivity index is 4.72. The summed E-state index contributed by atoms with van der Waals surface area (Å²) in [6.07, 6.45) is -13.4. The maximum atomic E-state index is 13.2. The molecule has 0 aromatic carbocycles. The Morgan fingerprint density at radius 2 is 0.958 bits per heavy atom. The first kappa shape index (κ1) is 7.81. The Bertz CT molecular complexity index is 1120. The fraction of sp³-hybridized carbons (Fsp3) is 0.750. The first-order valence-corrected chi connectivity index (χ1v) is 6.50. The highest BCUT2D eigenvalue weighted by Crippen LogP contribution is 1.94. The summed E-state index contributed by atoms with van der Waals surface area (Å²) in [4.78, 5) is 39.5. The van der Waals surface area contributed by atoms with Gasteiger partial charge < -0.3 is 15.3 Å². The molecule has 3 N–H and O–H groups in total. The van der Waals surface area contributed by atoms with Gasteiger partial charge in [-0.2, -0.15) is 0 Å². The Kier molecular flexibility index (Phi) is 3.12. The van der Waals surface area contributed by atoms with Gasteiger partial charge in [0.15, 0.2) is 0 Å². The molecule has 24 heavy (non-hydrogen) atoms. The molecule has 0 fully saturated rings. The van der Waals surface area contributed by atoms with Crippen molar-refractivity contribution in [3.63, 3.8) is 0 Å². The van der Waals surface area contributed by atoms with E-state index in [9.17, 15) is 29.7 Å². The number of aliphatic hydroxyl groups is 3. The second-order valence-corrected chi connectivity index (χ2v) is 4.09. The van der Waals surface area contributed by atoms with Crippen LogP contribution in [0.2, 0.25) is 0 Å². The smallest absolute Gasteiger partial charge is 0.336 e. The standard InChI is InChI=1S/C12H18Cl3N3O6/c13-1-7(19)4-16-10(22)17(5-8(20)2-14)12(24)18(11(16)23)6-9(21)3-15/h7-9,19-21H,1-6H2/i1D2,2D2,3D2,4D2,5D2,6D2,7D,8D,9D. The van der Waals surface area contributed by atoms with Gasteiger partial charge in [-0.25, -0.2) is 28.1 Å².